The summed E-state index contributed by atoms with van der Waals surface area (Å²) in [6.07, 6.45) is 0.595. The number of nitriles is 1. The average molecular weight is 398 g/mol. The molecule has 2 aromatic rings. The zero-order valence-corrected chi connectivity index (χ0v) is 16.8. The summed E-state index contributed by atoms with van der Waals surface area (Å²) in [7, 11) is -3.29. The molecule has 1 heterocycles. The molecule has 0 unspecified atom stereocenters. The molecule has 0 bridgehead atoms. The molecular formula is C21H23N3O3S. The monoisotopic (exact) mass is 397 g/mol. The molecule has 0 aliphatic carbocycles. The van der Waals surface area contributed by atoms with Gasteiger partial charge < -0.3 is 4.90 Å². The Balaban J connectivity index is 1.85. The summed E-state index contributed by atoms with van der Waals surface area (Å²) in [6.45, 7) is 4.74. The summed E-state index contributed by atoms with van der Waals surface area (Å²) in [5.41, 5.74) is 2.50. The van der Waals surface area contributed by atoms with Crippen LogP contribution in [0.5, 0.6) is 0 Å². The molecular weight excluding hydrogens is 374 g/mol. The summed E-state index contributed by atoms with van der Waals surface area (Å²) < 4.78 is 25.8. The Morgan fingerprint density at radius 1 is 1.21 bits per heavy atom. The molecule has 2 aromatic carbocycles. The van der Waals surface area contributed by atoms with Crippen LogP contribution in [0.1, 0.15) is 41.8 Å². The van der Waals surface area contributed by atoms with Crippen LogP contribution < -0.4 is 4.31 Å². The van der Waals surface area contributed by atoms with E-state index >= 15 is 0 Å². The van der Waals surface area contributed by atoms with Gasteiger partial charge in [0.1, 0.15) is 0 Å². The van der Waals surface area contributed by atoms with Crippen molar-refractivity contribution in [3.63, 3.8) is 0 Å². The Labute approximate surface area is 166 Å². The van der Waals surface area contributed by atoms with Crippen molar-refractivity contribution in [1.29, 1.82) is 5.26 Å². The van der Waals surface area contributed by atoms with Gasteiger partial charge in [0.2, 0.25) is 10.0 Å². The lowest BCUT2D eigenvalue weighted by Gasteiger charge is -2.27. The van der Waals surface area contributed by atoms with Gasteiger partial charge in [-0.25, -0.2) is 8.42 Å². The van der Waals surface area contributed by atoms with Crippen molar-refractivity contribution in [1.82, 2.24) is 4.90 Å². The minimum atomic E-state index is -3.29. The largest absolute Gasteiger partial charge is 0.332 e. The van der Waals surface area contributed by atoms with Crippen molar-refractivity contribution in [3.05, 3.63) is 65.2 Å². The molecule has 0 saturated carbocycles. The van der Waals surface area contributed by atoms with Crippen molar-refractivity contribution in [3.8, 4) is 6.07 Å². The predicted molar refractivity (Wildman–Crippen MR) is 108 cm³/mol. The topological polar surface area (TPSA) is 81.5 Å². The zero-order valence-electron chi connectivity index (χ0n) is 16.0. The number of nitrogens with zero attached hydrogens (tertiary/aromatic N) is 3. The maximum absolute atomic E-state index is 13.1. The van der Waals surface area contributed by atoms with E-state index in [4.69, 9.17) is 5.26 Å². The first-order valence-corrected chi connectivity index (χ1v) is 10.8. The number of hydrogen-bond acceptors (Lipinski definition) is 4. The van der Waals surface area contributed by atoms with Gasteiger partial charge in [0.05, 0.1) is 23.1 Å². The van der Waals surface area contributed by atoms with Gasteiger partial charge in [-0.1, -0.05) is 18.2 Å². The quantitative estimate of drug-likeness (QED) is 0.776. The number of amides is 1. The SMILES string of the molecule is CC(C)N(Cc1ccc(C#N)cc1)C(=O)c1cccc(N2CCCS2(=O)=O)c1. The maximum Gasteiger partial charge on any atom is 0.254 e. The highest BCUT2D eigenvalue weighted by molar-refractivity contribution is 7.93. The van der Waals surface area contributed by atoms with E-state index in [-0.39, 0.29) is 17.7 Å². The van der Waals surface area contributed by atoms with E-state index in [1.807, 2.05) is 26.0 Å². The number of anilines is 1. The lowest BCUT2D eigenvalue weighted by Crippen LogP contribution is -2.36. The molecule has 0 radical (unpaired) electrons. The van der Waals surface area contributed by atoms with Crippen LogP contribution in [0.4, 0.5) is 5.69 Å². The highest BCUT2D eigenvalue weighted by Gasteiger charge is 2.29. The summed E-state index contributed by atoms with van der Waals surface area (Å²) in [5, 5.41) is 8.93. The van der Waals surface area contributed by atoms with Crippen molar-refractivity contribution in [2.45, 2.75) is 32.9 Å². The fourth-order valence-corrected chi connectivity index (χ4v) is 4.82. The molecule has 146 valence electrons. The molecule has 28 heavy (non-hydrogen) atoms. The van der Waals surface area contributed by atoms with Crippen LogP contribution in [0.15, 0.2) is 48.5 Å². The van der Waals surface area contributed by atoms with E-state index < -0.39 is 10.0 Å². The molecule has 1 saturated heterocycles. The van der Waals surface area contributed by atoms with E-state index in [0.29, 0.717) is 36.3 Å². The summed E-state index contributed by atoms with van der Waals surface area (Å²) >= 11 is 0. The minimum Gasteiger partial charge on any atom is -0.332 e. The number of rotatable bonds is 5. The highest BCUT2D eigenvalue weighted by atomic mass is 32.2. The molecule has 6 nitrogen and oxygen atoms in total. The van der Waals surface area contributed by atoms with Crippen molar-refractivity contribution < 1.29 is 13.2 Å². The molecule has 0 spiro atoms. The Kier molecular flexibility index (Phi) is 5.71. The van der Waals surface area contributed by atoms with Crippen molar-refractivity contribution in [2.75, 3.05) is 16.6 Å². The second kappa shape index (κ2) is 8.03. The minimum absolute atomic E-state index is 0.0395. The fraction of sp³-hybridized carbons (Fsp3) is 0.333. The van der Waals surface area contributed by atoms with Gasteiger partial charge in [-0.15, -0.1) is 0 Å². The predicted octanol–water partition coefficient (Wildman–Crippen LogP) is 3.15. The first kappa shape index (κ1) is 19.9. The highest BCUT2D eigenvalue weighted by Crippen LogP contribution is 2.25. The molecule has 1 amide bonds. The van der Waals surface area contributed by atoms with E-state index in [2.05, 4.69) is 6.07 Å². The molecule has 3 rings (SSSR count). The van der Waals surface area contributed by atoms with E-state index in [0.717, 1.165) is 5.56 Å². The molecule has 1 aliphatic heterocycles. The van der Waals surface area contributed by atoms with Crippen LogP contribution in [0.25, 0.3) is 0 Å². The lowest BCUT2D eigenvalue weighted by atomic mass is 10.1. The summed E-state index contributed by atoms with van der Waals surface area (Å²) in [6, 6.07) is 16.0. The lowest BCUT2D eigenvalue weighted by molar-refractivity contribution is 0.0690. The second-order valence-corrected chi connectivity index (χ2v) is 9.14. The number of carbonyl (C=O) groups excluding carboxylic acids is 1. The Hall–Kier alpha value is -2.85. The van der Waals surface area contributed by atoms with Crippen LogP contribution in [-0.2, 0) is 16.6 Å². The van der Waals surface area contributed by atoms with E-state index in [9.17, 15) is 13.2 Å². The molecule has 1 aliphatic rings. The summed E-state index contributed by atoms with van der Waals surface area (Å²) in [4.78, 5) is 14.9. The molecule has 0 atom stereocenters. The third kappa shape index (κ3) is 4.18. The van der Waals surface area contributed by atoms with Gasteiger partial charge in [0, 0.05) is 24.7 Å². The van der Waals surface area contributed by atoms with Crippen LogP contribution in [0.2, 0.25) is 0 Å². The fourth-order valence-electron chi connectivity index (χ4n) is 3.26. The Morgan fingerprint density at radius 2 is 1.93 bits per heavy atom. The molecule has 7 heteroatoms. The van der Waals surface area contributed by atoms with Gasteiger partial charge in [0.15, 0.2) is 0 Å². The number of hydrogen-bond donors (Lipinski definition) is 0. The average Bonchev–Trinajstić information content (AvgIpc) is 3.05. The van der Waals surface area contributed by atoms with Gasteiger partial charge in [-0.05, 0) is 56.2 Å². The van der Waals surface area contributed by atoms with Gasteiger partial charge >= 0.3 is 0 Å². The van der Waals surface area contributed by atoms with Crippen molar-refractivity contribution >= 4 is 21.6 Å². The normalized spacial score (nSPS) is 15.4. The number of carbonyl (C=O) groups is 1. The van der Waals surface area contributed by atoms with Crippen LogP contribution in [0.3, 0.4) is 0 Å². The molecule has 0 aromatic heterocycles. The second-order valence-electron chi connectivity index (χ2n) is 7.13. The number of benzene rings is 2. The molecule has 1 fully saturated rings. The zero-order chi connectivity index (χ0) is 20.3. The summed E-state index contributed by atoms with van der Waals surface area (Å²) in [5.74, 6) is -0.0140. The van der Waals surface area contributed by atoms with E-state index in [1.54, 1.807) is 41.3 Å². The van der Waals surface area contributed by atoms with Crippen LogP contribution >= 0.6 is 0 Å². The Bertz CT molecular complexity index is 1010. The third-order valence-electron chi connectivity index (χ3n) is 4.80. The van der Waals surface area contributed by atoms with Gasteiger partial charge in [-0.3, -0.25) is 9.10 Å². The number of sulfonamides is 1. The molecule has 0 N–H and O–H groups in total. The van der Waals surface area contributed by atoms with Crippen molar-refractivity contribution in [2.24, 2.45) is 0 Å². The third-order valence-corrected chi connectivity index (χ3v) is 6.67. The maximum atomic E-state index is 13.1. The van der Waals surface area contributed by atoms with Gasteiger partial charge in [-0.2, -0.15) is 5.26 Å². The first-order valence-electron chi connectivity index (χ1n) is 9.22. The van der Waals surface area contributed by atoms with Gasteiger partial charge in [0.25, 0.3) is 5.91 Å². The van der Waals surface area contributed by atoms with E-state index in [1.165, 1.54) is 4.31 Å². The first-order chi connectivity index (χ1) is 13.3. The Morgan fingerprint density at radius 3 is 2.50 bits per heavy atom. The van der Waals surface area contributed by atoms with Crippen LogP contribution in [-0.4, -0.2) is 37.6 Å². The smallest absolute Gasteiger partial charge is 0.254 e. The standard InChI is InChI=1S/C21H23N3O3S/c1-16(2)23(15-18-9-7-17(14-22)8-10-18)21(25)19-5-3-6-20(13-19)24-11-4-12-28(24,26)27/h3,5-10,13,16H,4,11-12,15H2,1-2H3. The van der Waals surface area contributed by atoms with Crippen LogP contribution in [0, 0.1) is 11.3 Å².